The number of fused-ring (bicyclic) bond motifs is 1. The summed E-state index contributed by atoms with van der Waals surface area (Å²) in [5.74, 6) is 0. The summed E-state index contributed by atoms with van der Waals surface area (Å²) in [5, 5.41) is 14.3. The standard InChI is InChI=1S/C24H31N5OSi/c1-31(2,3)18-30-17-29-12-10-22-23(20(13-25)14-26-24(22)29)27-21-9-11-28(16-21)15-19-7-5-4-6-8-19/h4-8,10,12,14,21H,9,11,15-18H2,1-3H3,(H,26,27). The smallest absolute Gasteiger partial charge is 0.143 e. The molecule has 162 valence electrons. The van der Waals surface area contributed by atoms with Crippen molar-refractivity contribution in [2.75, 3.05) is 24.6 Å². The van der Waals surface area contributed by atoms with E-state index in [0.29, 0.717) is 18.3 Å². The van der Waals surface area contributed by atoms with Gasteiger partial charge in [0.1, 0.15) is 18.4 Å². The van der Waals surface area contributed by atoms with Crippen LogP contribution in [-0.4, -0.2) is 47.9 Å². The van der Waals surface area contributed by atoms with Crippen molar-refractivity contribution < 1.29 is 4.74 Å². The van der Waals surface area contributed by atoms with Crippen molar-refractivity contribution in [3.63, 3.8) is 0 Å². The average molecular weight is 434 g/mol. The summed E-state index contributed by atoms with van der Waals surface area (Å²) in [5.41, 5.74) is 3.68. The van der Waals surface area contributed by atoms with Gasteiger partial charge < -0.3 is 14.6 Å². The molecule has 0 spiro atoms. The molecule has 0 aliphatic carbocycles. The topological polar surface area (TPSA) is 66.1 Å². The summed E-state index contributed by atoms with van der Waals surface area (Å²) in [6.07, 6.45) is 5.55. The van der Waals surface area contributed by atoms with Crippen molar-refractivity contribution in [1.29, 1.82) is 5.26 Å². The van der Waals surface area contributed by atoms with Crippen molar-refractivity contribution in [2.24, 2.45) is 0 Å². The summed E-state index contributed by atoms with van der Waals surface area (Å²) in [6.45, 7) is 10.3. The fourth-order valence-corrected chi connectivity index (χ4v) is 4.78. The Balaban J connectivity index is 1.47. The molecule has 0 radical (unpaired) electrons. The first-order valence-electron chi connectivity index (χ1n) is 10.9. The number of benzene rings is 1. The molecule has 1 aliphatic heterocycles. The molecule has 1 N–H and O–H groups in total. The van der Waals surface area contributed by atoms with Crippen LogP contribution < -0.4 is 5.32 Å². The van der Waals surface area contributed by atoms with E-state index in [1.165, 1.54) is 5.56 Å². The molecule has 2 aromatic heterocycles. The number of rotatable bonds is 8. The predicted octanol–water partition coefficient (Wildman–Crippen LogP) is 4.45. The maximum absolute atomic E-state index is 9.67. The second kappa shape index (κ2) is 9.23. The predicted molar refractivity (Wildman–Crippen MR) is 127 cm³/mol. The number of nitrogens with zero attached hydrogens (tertiary/aromatic N) is 4. The Labute approximate surface area is 185 Å². The lowest BCUT2D eigenvalue weighted by atomic mass is 10.1. The van der Waals surface area contributed by atoms with E-state index in [9.17, 15) is 5.26 Å². The van der Waals surface area contributed by atoms with Crippen LogP contribution in [0.3, 0.4) is 0 Å². The lowest BCUT2D eigenvalue weighted by Gasteiger charge is -2.19. The molecule has 6 nitrogen and oxygen atoms in total. The van der Waals surface area contributed by atoms with Gasteiger partial charge in [0.05, 0.1) is 19.3 Å². The molecule has 31 heavy (non-hydrogen) atoms. The van der Waals surface area contributed by atoms with Crippen molar-refractivity contribution in [1.82, 2.24) is 14.5 Å². The first kappa shape index (κ1) is 21.6. The van der Waals surface area contributed by atoms with Crippen LogP contribution in [0, 0.1) is 11.3 Å². The summed E-state index contributed by atoms with van der Waals surface area (Å²) < 4.78 is 7.97. The van der Waals surface area contributed by atoms with Crippen LogP contribution in [-0.2, 0) is 18.0 Å². The van der Waals surface area contributed by atoms with E-state index in [1.807, 2.05) is 16.8 Å². The van der Waals surface area contributed by atoms with E-state index >= 15 is 0 Å². The molecule has 0 saturated carbocycles. The largest absolute Gasteiger partial charge is 0.379 e. The van der Waals surface area contributed by atoms with Crippen LogP contribution in [0.15, 0.2) is 48.8 Å². The maximum Gasteiger partial charge on any atom is 0.143 e. The summed E-state index contributed by atoms with van der Waals surface area (Å²) in [7, 11) is -1.26. The van der Waals surface area contributed by atoms with Gasteiger partial charge >= 0.3 is 0 Å². The van der Waals surface area contributed by atoms with Gasteiger partial charge in [0.25, 0.3) is 0 Å². The Hall–Kier alpha value is -2.66. The van der Waals surface area contributed by atoms with E-state index in [0.717, 1.165) is 49.0 Å². The number of anilines is 1. The van der Waals surface area contributed by atoms with Gasteiger partial charge in [-0.05, 0) is 18.1 Å². The second-order valence-corrected chi connectivity index (χ2v) is 15.0. The monoisotopic (exact) mass is 433 g/mol. The lowest BCUT2D eigenvalue weighted by Crippen LogP contribution is -2.28. The van der Waals surface area contributed by atoms with Gasteiger partial charge in [0, 0.05) is 49.7 Å². The lowest BCUT2D eigenvalue weighted by molar-refractivity contribution is 0.112. The highest BCUT2D eigenvalue weighted by Gasteiger charge is 2.24. The zero-order chi connectivity index (χ0) is 21.8. The second-order valence-electron chi connectivity index (χ2n) is 9.57. The molecule has 1 aromatic carbocycles. The van der Waals surface area contributed by atoms with Crippen LogP contribution >= 0.6 is 0 Å². The third-order valence-electron chi connectivity index (χ3n) is 5.54. The highest BCUT2D eigenvalue weighted by atomic mass is 28.3. The van der Waals surface area contributed by atoms with Gasteiger partial charge in [-0.15, -0.1) is 0 Å². The van der Waals surface area contributed by atoms with E-state index in [1.54, 1.807) is 6.20 Å². The SMILES string of the molecule is C[Si](C)(C)COCn1ccc2c(NC3CCN(Cc4ccccc4)C3)c(C#N)cnc21. The molecule has 0 bridgehead atoms. The Morgan fingerprint density at radius 1 is 1.23 bits per heavy atom. The number of likely N-dealkylation sites (tertiary alicyclic amines) is 1. The van der Waals surface area contributed by atoms with Crippen molar-refractivity contribution >= 4 is 24.8 Å². The minimum atomic E-state index is -1.26. The van der Waals surface area contributed by atoms with Crippen molar-refractivity contribution in [3.05, 3.63) is 59.9 Å². The zero-order valence-electron chi connectivity index (χ0n) is 18.6. The minimum absolute atomic E-state index is 0.313. The van der Waals surface area contributed by atoms with Gasteiger partial charge in [0.2, 0.25) is 0 Å². The van der Waals surface area contributed by atoms with Gasteiger partial charge in [0.15, 0.2) is 0 Å². The molecule has 1 aliphatic rings. The molecule has 7 heteroatoms. The summed E-state index contributed by atoms with van der Waals surface area (Å²) in [4.78, 5) is 7.02. The summed E-state index contributed by atoms with van der Waals surface area (Å²) >= 11 is 0. The zero-order valence-corrected chi connectivity index (χ0v) is 19.6. The molecule has 4 rings (SSSR count). The Morgan fingerprint density at radius 2 is 2.03 bits per heavy atom. The van der Waals surface area contributed by atoms with Gasteiger partial charge in [-0.1, -0.05) is 50.0 Å². The third-order valence-corrected chi connectivity index (χ3v) is 6.61. The number of pyridine rings is 1. The maximum atomic E-state index is 9.67. The van der Waals surface area contributed by atoms with Crippen molar-refractivity contribution in [2.45, 2.75) is 45.4 Å². The Kier molecular flexibility index (Phi) is 6.42. The first-order chi connectivity index (χ1) is 14.9. The normalized spacial score (nSPS) is 17.2. The Morgan fingerprint density at radius 3 is 2.77 bits per heavy atom. The number of aromatic nitrogens is 2. The number of hydrogen-bond donors (Lipinski definition) is 1. The molecule has 1 saturated heterocycles. The molecule has 1 fully saturated rings. The molecule has 1 atom stereocenters. The molecule has 0 amide bonds. The average Bonchev–Trinajstić information content (AvgIpc) is 3.35. The number of nitriles is 1. The third kappa shape index (κ3) is 5.34. The van der Waals surface area contributed by atoms with Crippen LogP contribution in [0.5, 0.6) is 0 Å². The first-order valence-corrected chi connectivity index (χ1v) is 14.6. The fourth-order valence-electron chi connectivity index (χ4n) is 4.07. The Bertz CT molecular complexity index is 1070. The highest BCUT2D eigenvalue weighted by molar-refractivity contribution is 6.76. The van der Waals surface area contributed by atoms with E-state index in [-0.39, 0.29) is 0 Å². The molecular weight excluding hydrogens is 402 g/mol. The van der Waals surface area contributed by atoms with E-state index in [4.69, 9.17) is 4.74 Å². The number of ether oxygens (including phenoxy) is 1. The van der Waals surface area contributed by atoms with Gasteiger partial charge in [-0.25, -0.2) is 4.98 Å². The summed E-state index contributed by atoms with van der Waals surface area (Å²) in [6, 6.07) is 15.2. The quantitative estimate of drug-likeness (QED) is 0.532. The van der Waals surface area contributed by atoms with E-state index in [2.05, 4.69) is 71.2 Å². The van der Waals surface area contributed by atoms with Crippen LogP contribution in [0.2, 0.25) is 19.6 Å². The highest BCUT2D eigenvalue weighted by Crippen LogP contribution is 2.29. The van der Waals surface area contributed by atoms with E-state index < -0.39 is 8.07 Å². The molecule has 3 aromatic rings. The fraction of sp³-hybridized carbons (Fsp3) is 0.417. The van der Waals surface area contributed by atoms with Crippen LogP contribution in [0.1, 0.15) is 17.5 Å². The number of hydrogen-bond acceptors (Lipinski definition) is 5. The van der Waals surface area contributed by atoms with Crippen LogP contribution in [0.25, 0.3) is 11.0 Å². The van der Waals surface area contributed by atoms with Crippen LogP contribution in [0.4, 0.5) is 5.69 Å². The molecular formula is C24H31N5OSi. The van der Waals surface area contributed by atoms with Crippen molar-refractivity contribution in [3.8, 4) is 6.07 Å². The van der Waals surface area contributed by atoms with Gasteiger partial charge in [-0.2, -0.15) is 5.26 Å². The molecule has 1 unspecified atom stereocenters. The molecule has 3 heterocycles. The van der Waals surface area contributed by atoms with Gasteiger partial charge in [-0.3, -0.25) is 4.90 Å². The number of nitrogens with one attached hydrogen (secondary N) is 1. The minimum Gasteiger partial charge on any atom is -0.379 e.